The summed E-state index contributed by atoms with van der Waals surface area (Å²) in [6.07, 6.45) is 1.64. The lowest BCUT2D eigenvalue weighted by Crippen LogP contribution is -2.19. The fraction of sp³-hybridized carbons (Fsp3) is 0.500. The maximum atomic E-state index is 11.6. The van der Waals surface area contributed by atoms with Crippen molar-refractivity contribution in [3.8, 4) is 0 Å². The quantitative estimate of drug-likeness (QED) is 0.660. The van der Waals surface area contributed by atoms with Crippen LogP contribution in [0.3, 0.4) is 0 Å². The summed E-state index contributed by atoms with van der Waals surface area (Å²) in [6.45, 7) is 4.32. The number of H-pyrrole nitrogens is 1. The molecule has 0 aliphatic carbocycles. The number of aromatic nitrogens is 1. The van der Waals surface area contributed by atoms with Crippen molar-refractivity contribution >= 4 is 46.4 Å². The van der Waals surface area contributed by atoms with Crippen LogP contribution >= 0.6 is 34.8 Å². The van der Waals surface area contributed by atoms with Gasteiger partial charge in [0.1, 0.15) is 0 Å². The molecule has 7 heteroatoms. The lowest BCUT2D eigenvalue weighted by Gasteiger charge is -2.06. The molecule has 0 amide bonds. The van der Waals surface area contributed by atoms with E-state index >= 15 is 0 Å². The third-order valence-corrected chi connectivity index (χ3v) is 2.56. The van der Waals surface area contributed by atoms with Gasteiger partial charge in [0, 0.05) is 25.3 Å². The van der Waals surface area contributed by atoms with Gasteiger partial charge in [0.05, 0.1) is 12.3 Å². The summed E-state index contributed by atoms with van der Waals surface area (Å²) in [5.41, 5.74) is 0.449. The van der Waals surface area contributed by atoms with Gasteiger partial charge in [0.25, 0.3) is 3.79 Å². The zero-order chi connectivity index (χ0) is 15.1. The molecule has 4 nitrogen and oxygen atoms in total. The summed E-state index contributed by atoms with van der Waals surface area (Å²) >= 11 is 16.3. The Balaban J connectivity index is 0.00000154. The van der Waals surface area contributed by atoms with Crippen molar-refractivity contribution in [3.63, 3.8) is 0 Å². The number of aromatic amines is 1. The van der Waals surface area contributed by atoms with Crippen molar-refractivity contribution in [3.05, 3.63) is 23.5 Å². The van der Waals surface area contributed by atoms with Crippen LogP contribution in [0.1, 0.15) is 41.1 Å². The third-order valence-electron chi connectivity index (χ3n) is 2.04. The summed E-state index contributed by atoms with van der Waals surface area (Å²) in [5, 5.41) is 0. The Morgan fingerprint density at radius 3 is 2.37 bits per heavy atom. The highest BCUT2D eigenvalue weighted by Crippen LogP contribution is 2.30. The first-order valence-corrected chi connectivity index (χ1v) is 6.81. The molecule has 1 heterocycles. The number of carbonyl (C=O) groups excluding carboxylic acids is 2. The van der Waals surface area contributed by atoms with Crippen molar-refractivity contribution in [2.45, 2.75) is 24.1 Å². The molecule has 0 saturated heterocycles. The smallest absolute Gasteiger partial charge is 0.254 e. The molecule has 0 bridgehead atoms. The summed E-state index contributed by atoms with van der Waals surface area (Å²) < 4.78 is 2.75. The van der Waals surface area contributed by atoms with Gasteiger partial charge in [-0.2, -0.15) is 0 Å². The molecule has 0 fully saturated rings. The average Bonchev–Trinajstić information content (AvgIpc) is 2.85. The van der Waals surface area contributed by atoms with Gasteiger partial charge in [-0.15, -0.1) is 0 Å². The van der Waals surface area contributed by atoms with Gasteiger partial charge in [-0.1, -0.05) is 48.7 Å². The number of Topliss-reactive ketones (excluding diaryl/α,β-unsaturated/α-hetero) is 2. The maximum absolute atomic E-state index is 11.6. The van der Waals surface area contributed by atoms with Crippen molar-refractivity contribution < 1.29 is 14.3 Å². The second-order valence-electron chi connectivity index (χ2n) is 3.29. The molecule has 0 radical (unpaired) electrons. The number of rotatable bonds is 5. The van der Waals surface area contributed by atoms with Gasteiger partial charge in [0.2, 0.25) is 5.78 Å². The van der Waals surface area contributed by atoms with Gasteiger partial charge in [0.15, 0.2) is 5.78 Å². The van der Waals surface area contributed by atoms with Crippen LogP contribution in [0.15, 0.2) is 12.3 Å². The van der Waals surface area contributed by atoms with E-state index in [0.717, 1.165) is 0 Å². The number of ether oxygens (including phenoxy) is 1. The minimum absolute atomic E-state index is 0.0887. The van der Waals surface area contributed by atoms with Crippen molar-refractivity contribution in [2.24, 2.45) is 0 Å². The summed E-state index contributed by atoms with van der Waals surface area (Å²) in [7, 11) is 1.50. The summed E-state index contributed by atoms with van der Waals surface area (Å²) in [6, 6.07) is 1.36. The first kappa shape index (κ1) is 18.4. The zero-order valence-electron chi connectivity index (χ0n) is 10.9. The molecule has 0 aromatic carbocycles. The fourth-order valence-electron chi connectivity index (χ4n) is 1.18. The molecule has 0 saturated carbocycles. The van der Waals surface area contributed by atoms with E-state index in [1.807, 2.05) is 13.8 Å². The van der Waals surface area contributed by atoms with E-state index in [9.17, 15) is 9.59 Å². The minimum atomic E-state index is -2.03. The molecular formula is C12H16Cl3NO3. The standard InChI is InChI=1S/C10H10Cl3NO3.C2H6/c1-17-3-2-8(15)6-4-7(14-5-6)9(16)10(11,12)13;1-2/h4-5,14H,2-3H2,1H3;1-2H3. The van der Waals surface area contributed by atoms with Gasteiger partial charge in [-0.05, 0) is 6.07 Å². The van der Waals surface area contributed by atoms with E-state index in [1.165, 1.54) is 19.4 Å². The number of carbonyl (C=O) groups is 2. The fourth-order valence-corrected chi connectivity index (χ4v) is 1.48. The molecule has 0 aliphatic heterocycles. The minimum Gasteiger partial charge on any atom is -0.384 e. The van der Waals surface area contributed by atoms with E-state index in [4.69, 9.17) is 39.5 Å². The Morgan fingerprint density at radius 2 is 1.89 bits per heavy atom. The Hall–Kier alpha value is -0.550. The molecule has 1 rings (SSSR count). The van der Waals surface area contributed by atoms with Crippen molar-refractivity contribution in [2.75, 3.05) is 13.7 Å². The summed E-state index contributed by atoms with van der Waals surface area (Å²) in [4.78, 5) is 25.7. The highest BCUT2D eigenvalue weighted by molar-refractivity contribution is 6.77. The second-order valence-corrected chi connectivity index (χ2v) is 5.58. The Bertz CT molecular complexity index is 424. The normalized spacial score (nSPS) is 10.6. The van der Waals surface area contributed by atoms with Gasteiger partial charge < -0.3 is 9.72 Å². The van der Waals surface area contributed by atoms with Crippen LogP contribution < -0.4 is 0 Å². The van der Waals surface area contributed by atoms with E-state index < -0.39 is 9.58 Å². The van der Waals surface area contributed by atoms with Crippen LogP contribution in [-0.4, -0.2) is 34.1 Å². The SMILES string of the molecule is CC.COCCC(=O)c1c[nH]c(C(=O)C(Cl)(Cl)Cl)c1. The number of nitrogens with one attached hydrogen (secondary N) is 1. The molecule has 1 aromatic rings. The lowest BCUT2D eigenvalue weighted by atomic mass is 10.1. The molecule has 0 aliphatic rings. The highest BCUT2D eigenvalue weighted by atomic mass is 35.6. The van der Waals surface area contributed by atoms with E-state index in [0.29, 0.717) is 12.2 Å². The number of hydrogen-bond donors (Lipinski definition) is 1. The number of halogens is 3. The third kappa shape index (κ3) is 5.95. The molecule has 0 spiro atoms. The predicted molar refractivity (Wildman–Crippen MR) is 77.6 cm³/mol. The Kier molecular flexibility index (Phi) is 8.34. The molecule has 108 valence electrons. The molecular weight excluding hydrogens is 312 g/mol. The summed E-state index contributed by atoms with van der Waals surface area (Å²) in [5.74, 6) is -0.847. The van der Waals surface area contributed by atoms with Crippen molar-refractivity contribution in [1.29, 1.82) is 0 Å². The second kappa shape index (κ2) is 8.59. The molecule has 0 atom stereocenters. The first-order valence-electron chi connectivity index (χ1n) is 5.68. The number of hydrogen-bond acceptors (Lipinski definition) is 3. The van der Waals surface area contributed by atoms with E-state index in [2.05, 4.69) is 4.98 Å². The number of methoxy groups -OCH3 is 1. The van der Waals surface area contributed by atoms with Crippen LogP contribution in [-0.2, 0) is 4.74 Å². The lowest BCUT2D eigenvalue weighted by molar-refractivity contribution is 0.0932. The first-order chi connectivity index (χ1) is 8.86. The molecule has 19 heavy (non-hydrogen) atoms. The average molecular weight is 329 g/mol. The molecule has 0 unspecified atom stereocenters. The topological polar surface area (TPSA) is 59.2 Å². The van der Waals surface area contributed by atoms with Crippen LogP contribution in [0.5, 0.6) is 0 Å². The van der Waals surface area contributed by atoms with E-state index in [1.54, 1.807) is 0 Å². The van der Waals surface area contributed by atoms with Gasteiger partial charge >= 0.3 is 0 Å². The maximum Gasteiger partial charge on any atom is 0.254 e. The zero-order valence-corrected chi connectivity index (χ0v) is 13.2. The highest BCUT2D eigenvalue weighted by Gasteiger charge is 2.32. The largest absolute Gasteiger partial charge is 0.384 e. The van der Waals surface area contributed by atoms with Crippen molar-refractivity contribution in [1.82, 2.24) is 4.98 Å². The number of ketones is 2. The van der Waals surface area contributed by atoms with Crippen LogP contribution in [0, 0.1) is 0 Å². The Morgan fingerprint density at radius 1 is 1.32 bits per heavy atom. The molecule has 1 aromatic heterocycles. The predicted octanol–water partition coefficient (Wildman–Crippen LogP) is 3.81. The van der Waals surface area contributed by atoms with E-state index in [-0.39, 0.29) is 17.9 Å². The monoisotopic (exact) mass is 327 g/mol. The van der Waals surface area contributed by atoms with Gasteiger partial charge in [-0.25, -0.2) is 0 Å². The van der Waals surface area contributed by atoms with Crippen LogP contribution in [0.2, 0.25) is 0 Å². The molecule has 1 N–H and O–H groups in total. The van der Waals surface area contributed by atoms with Crippen LogP contribution in [0.25, 0.3) is 0 Å². The Labute approximate surface area is 127 Å². The van der Waals surface area contributed by atoms with Crippen LogP contribution in [0.4, 0.5) is 0 Å². The number of alkyl halides is 3. The van der Waals surface area contributed by atoms with Gasteiger partial charge in [-0.3, -0.25) is 9.59 Å².